The number of hydrogen-bond donors (Lipinski definition) is 1. The van der Waals surface area contributed by atoms with Crippen LogP contribution in [0.3, 0.4) is 0 Å². The molecular weight excluding hydrogens is 355 g/mol. The van der Waals surface area contributed by atoms with Crippen molar-refractivity contribution in [1.82, 2.24) is 10.2 Å². The molecule has 0 aliphatic carbocycles. The highest BCUT2D eigenvalue weighted by atomic mass is 127. The molecule has 0 spiro atoms. The topological polar surface area (TPSA) is 41.6 Å². The summed E-state index contributed by atoms with van der Waals surface area (Å²) < 4.78 is 6.12. The molecule has 0 fully saturated rings. The maximum Gasteiger partial charge on any atom is 0.251 e. The van der Waals surface area contributed by atoms with Crippen molar-refractivity contribution in [3.8, 4) is 5.75 Å². The van der Waals surface area contributed by atoms with Crippen molar-refractivity contribution < 1.29 is 9.53 Å². The molecule has 1 aromatic rings. The molecule has 0 aromatic heterocycles. The quantitative estimate of drug-likeness (QED) is 0.743. The molecule has 0 saturated carbocycles. The van der Waals surface area contributed by atoms with E-state index in [0.29, 0.717) is 12.1 Å². The van der Waals surface area contributed by atoms with Gasteiger partial charge in [0.2, 0.25) is 0 Å². The van der Waals surface area contributed by atoms with E-state index in [2.05, 4.69) is 46.7 Å². The lowest BCUT2D eigenvalue weighted by molar-refractivity contribution is 0.0949. The zero-order valence-corrected chi connectivity index (χ0v) is 13.9. The Bertz CT molecular complexity index is 420. The van der Waals surface area contributed by atoms with E-state index in [0.717, 1.165) is 29.0 Å². The molecule has 0 heterocycles. The molecule has 0 atom stereocenters. The fraction of sp³-hybridized carbons (Fsp3) is 0.500. The van der Waals surface area contributed by atoms with Gasteiger partial charge < -0.3 is 15.0 Å². The van der Waals surface area contributed by atoms with Crippen molar-refractivity contribution >= 4 is 28.5 Å². The van der Waals surface area contributed by atoms with Crippen LogP contribution in [-0.2, 0) is 0 Å². The smallest absolute Gasteiger partial charge is 0.251 e. The minimum Gasteiger partial charge on any atom is -0.496 e. The van der Waals surface area contributed by atoms with E-state index in [9.17, 15) is 4.79 Å². The molecular formula is C14H21IN2O2. The molecule has 0 aliphatic heterocycles. The lowest BCUT2D eigenvalue weighted by Crippen LogP contribution is -2.34. The third-order valence-corrected chi connectivity index (χ3v) is 3.87. The number of rotatable bonds is 7. The zero-order valence-electron chi connectivity index (χ0n) is 11.7. The van der Waals surface area contributed by atoms with Crippen LogP contribution in [0.5, 0.6) is 5.75 Å². The van der Waals surface area contributed by atoms with E-state index in [1.54, 1.807) is 13.2 Å². The molecule has 1 rings (SSSR count). The predicted molar refractivity (Wildman–Crippen MR) is 85.8 cm³/mol. The molecule has 1 amide bonds. The summed E-state index contributed by atoms with van der Waals surface area (Å²) in [6.45, 7) is 7.81. The summed E-state index contributed by atoms with van der Waals surface area (Å²) in [5.74, 6) is 0.757. The summed E-state index contributed by atoms with van der Waals surface area (Å²) in [6.07, 6.45) is 0. The van der Waals surface area contributed by atoms with Gasteiger partial charge in [0.25, 0.3) is 5.91 Å². The van der Waals surface area contributed by atoms with Crippen molar-refractivity contribution in [3.05, 3.63) is 27.3 Å². The van der Waals surface area contributed by atoms with Crippen LogP contribution in [0.25, 0.3) is 0 Å². The van der Waals surface area contributed by atoms with Gasteiger partial charge in [0.1, 0.15) is 5.75 Å². The minimum absolute atomic E-state index is 0.0345. The van der Waals surface area contributed by atoms with Crippen molar-refractivity contribution in [2.75, 3.05) is 33.3 Å². The summed E-state index contributed by atoms with van der Waals surface area (Å²) in [7, 11) is 1.63. The number of halogens is 1. The Labute approximate surface area is 128 Å². The predicted octanol–water partition coefficient (Wildman–Crippen LogP) is 2.37. The summed E-state index contributed by atoms with van der Waals surface area (Å²) >= 11 is 2.17. The molecule has 0 aliphatic rings. The van der Waals surface area contributed by atoms with Crippen molar-refractivity contribution in [2.45, 2.75) is 13.8 Å². The van der Waals surface area contributed by atoms with Gasteiger partial charge in [-0.25, -0.2) is 0 Å². The maximum atomic E-state index is 12.0. The highest BCUT2D eigenvalue weighted by molar-refractivity contribution is 14.1. The first kappa shape index (κ1) is 16.2. The number of carbonyl (C=O) groups is 1. The number of hydrogen-bond acceptors (Lipinski definition) is 3. The van der Waals surface area contributed by atoms with Crippen molar-refractivity contribution in [2.24, 2.45) is 0 Å². The Balaban J connectivity index is 2.52. The number of carbonyl (C=O) groups excluding carboxylic acids is 1. The molecule has 0 unspecified atom stereocenters. The fourth-order valence-electron chi connectivity index (χ4n) is 1.78. The van der Waals surface area contributed by atoms with E-state index in [1.165, 1.54) is 0 Å². The summed E-state index contributed by atoms with van der Waals surface area (Å²) in [6, 6.07) is 5.45. The Morgan fingerprint density at radius 1 is 1.37 bits per heavy atom. The Hall–Kier alpha value is -0.820. The Kier molecular flexibility index (Phi) is 7.15. The summed E-state index contributed by atoms with van der Waals surface area (Å²) in [5.41, 5.74) is 0.671. The normalized spacial score (nSPS) is 10.6. The van der Waals surface area contributed by atoms with E-state index in [1.807, 2.05) is 12.1 Å². The van der Waals surface area contributed by atoms with Crippen LogP contribution in [-0.4, -0.2) is 44.1 Å². The van der Waals surface area contributed by atoms with Gasteiger partial charge in [0.15, 0.2) is 0 Å². The Morgan fingerprint density at radius 3 is 2.58 bits per heavy atom. The largest absolute Gasteiger partial charge is 0.496 e. The van der Waals surface area contributed by atoms with Gasteiger partial charge in [-0.15, -0.1) is 0 Å². The summed E-state index contributed by atoms with van der Waals surface area (Å²) in [4.78, 5) is 14.3. The lowest BCUT2D eigenvalue weighted by Gasteiger charge is -2.18. The second kappa shape index (κ2) is 8.37. The fourth-order valence-corrected chi connectivity index (χ4v) is 2.51. The van der Waals surface area contributed by atoms with Gasteiger partial charge in [-0.3, -0.25) is 4.79 Å². The van der Waals surface area contributed by atoms with Crippen LogP contribution < -0.4 is 10.1 Å². The number of benzene rings is 1. The second-order valence-corrected chi connectivity index (χ2v) is 5.29. The van der Waals surface area contributed by atoms with E-state index in [-0.39, 0.29) is 5.91 Å². The lowest BCUT2D eigenvalue weighted by atomic mass is 10.2. The van der Waals surface area contributed by atoms with Crippen LogP contribution in [0.4, 0.5) is 0 Å². The summed E-state index contributed by atoms with van der Waals surface area (Å²) in [5, 5.41) is 2.94. The average Bonchev–Trinajstić information content (AvgIpc) is 2.43. The third kappa shape index (κ3) is 4.99. The zero-order chi connectivity index (χ0) is 14.3. The first-order valence-corrected chi connectivity index (χ1v) is 7.54. The molecule has 1 aromatic carbocycles. The van der Waals surface area contributed by atoms with Crippen LogP contribution in [0.15, 0.2) is 18.2 Å². The van der Waals surface area contributed by atoms with Crippen LogP contribution in [0.1, 0.15) is 24.2 Å². The minimum atomic E-state index is -0.0345. The molecule has 0 saturated heterocycles. The van der Waals surface area contributed by atoms with E-state index < -0.39 is 0 Å². The van der Waals surface area contributed by atoms with Crippen molar-refractivity contribution in [3.63, 3.8) is 0 Å². The van der Waals surface area contributed by atoms with Gasteiger partial charge in [-0.05, 0) is 53.9 Å². The SMILES string of the molecule is CCN(CC)CCNC(=O)c1ccc(OC)c(I)c1. The monoisotopic (exact) mass is 376 g/mol. The number of nitrogens with zero attached hydrogens (tertiary/aromatic N) is 1. The van der Waals surface area contributed by atoms with E-state index >= 15 is 0 Å². The van der Waals surface area contributed by atoms with Crippen LogP contribution >= 0.6 is 22.6 Å². The maximum absolute atomic E-state index is 12.0. The van der Waals surface area contributed by atoms with Gasteiger partial charge in [0, 0.05) is 18.7 Å². The first-order chi connectivity index (χ1) is 9.12. The molecule has 1 N–H and O–H groups in total. The number of ether oxygens (including phenoxy) is 1. The van der Waals surface area contributed by atoms with Crippen LogP contribution in [0, 0.1) is 3.57 Å². The van der Waals surface area contributed by atoms with E-state index in [4.69, 9.17) is 4.74 Å². The highest BCUT2D eigenvalue weighted by Crippen LogP contribution is 2.21. The number of nitrogens with one attached hydrogen (secondary N) is 1. The Morgan fingerprint density at radius 2 is 2.05 bits per heavy atom. The average molecular weight is 376 g/mol. The highest BCUT2D eigenvalue weighted by Gasteiger charge is 2.08. The molecule has 0 bridgehead atoms. The molecule has 5 heteroatoms. The number of methoxy groups -OCH3 is 1. The molecule has 0 radical (unpaired) electrons. The number of likely N-dealkylation sites (N-methyl/N-ethyl adjacent to an activating group) is 1. The van der Waals surface area contributed by atoms with Gasteiger partial charge in [-0.2, -0.15) is 0 Å². The van der Waals surface area contributed by atoms with Gasteiger partial charge in [0.05, 0.1) is 10.7 Å². The molecule has 106 valence electrons. The van der Waals surface area contributed by atoms with Gasteiger partial charge >= 0.3 is 0 Å². The standard InChI is InChI=1S/C14H21IN2O2/c1-4-17(5-2)9-8-16-14(18)11-6-7-13(19-3)12(15)10-11/h6-7,10H,4-5,8-9H2,1-3H3,(H,16,18). The van der Waals surface area contributed by atoms with Crippen LogP contribution in [0.2, 0.25) is 0 Å². The van der Waals surface area contributed by atoms with Crippen molar-refractivity contribution in [1.29, 1.82) is 0 Å². The second-order valence-electron chi connectivity index (χ2n) is 4.13. The molecule has 19 heavy (non-hydrogen) atoms. The molecule has 4 nitrogen and oxygen atoms in total. The number of amides is 1. The first-order valence-electron chi connectivity index (χ1n) is 6.46. The van der Waals surface area contributed by atoms with Gasteiger partial charge in [-0.1, -0.05) is 13.8 Å². The third-order valence-electron chi connectivity index (χ3n) is 3.02.